The lowest BCUT2D eigenvalue weighted by Gasteiger charge is -2.08. The average Bonchev–Trinajstić information content (AvgIpc) is 2.31. The molecule has 0 unspecified atom stereocenters. The monoisotopic (exact) mass is 208 g/mol. The van der Waals surface area contributed by atoms with E-state index in [1.807, 2.05) is 18.2 Å². The summed E-state index contributed by atoms with van der Waals surface area (Å²) in [5.74, 6) is 6.32. The number of allylic oxidation sites excluding steroid dienone is 3. The lowest BCUT2D eigenvalue weighted by molar-refractivity contribution is -0.619. The zero-order valence-corrected chi connectivity index (χ0v) is 9.16. The smallest absolute Gasteiger partial charge is 0.145 e. The number of nitrogens with two attached hydrogens (primary N) is 1. The molecular weight excluding hydrogens is 194 g/mol. The van der Waals surface area contributed by atoms with Crippen molar-refractivity contribution in [1.29, 1.82) is 0 Å². The van der Waals surface area contributed by atoms with Gasteiger partial charge in [0.2, 0.25) is 0 Å². The van der Waals surface area contributed by atoms with Gasteiger partial charge in [-0.05, 0) is 18.2 Å². The molecule has 0 saturated heterocycles. The molecule has 0 amide bonds. The van der Waals surface area contributed by atoms with Gasteiger partial charge in [-0.1, -0.05) is 43.2 Å². The minimum Gasteiger partial charge on any atom is -0.309 e. The molecule has 2 rings (SSSR count). The van der Waals surface area contributed by atoms with Crippen LogP contribution in [0.2, 0.25) is 0 Å². The van der Waals surface area contributed by atoms with Gasteiger partial charge in [0, 0.05) is 11.1 Å². The Labute approximate surface area is 96.2 Å². The molecular formula is C15H14N+. The Morgan fingerprint density at radius 1 is 1.12 bits per heavy atom. The molecule has 1 aromatic rings. The van der Waals surface area contributed by atoms with Crippen LogP contribution in [0.5, 0.6) is 0 Å². The van der Waals surface area contributed by atoms with Gasteiger partial charge >= 0.3 is 0 Å². The first-order valence-corrected chi connectivity index (χ1v) is 5.27. The van der Waals surface area contributed by atoms with Gasteiger partial charge in [-0.15, -0.1) is 0 Å². The fourth-order valence-electron chi connectivity index (χ4n) is 1.72. The van der Waals surface area contributed by atoms with Crippen LogP contribution in [0, 0.1) is 11.8 Å². The van der Waals surface area contributed by atoms with Crippen molar-refractivity contribution in [3.63, 3.8) is 0 Å². The highest BCUT2D eigenvalue weighted by Gasteiger charge is 2.08. The van der Waals surface area contributed by atoms with Crippen LogP contribution >= 0.6 is 0 Å². The molecule has 78 valence electrons. The Balaban J connectivity index is 2.52. The molecule has 1 heteroatoms. The van der Waals surface area contributed by atoms with Crippen molar-refractivity contribution in [1.82, 2.24) is 0 Å². The van der Waals surface area contributed by atoms with Crippen molar-refractivity contribution >= 4 is 0 Å². The van der Waals surface area contributed by atoms with Crippen LogP contribution < -0.4 is 5.32 Å². The Hall–Kier alpha value is -2.04. The van der Waals surface area contributed by atoms with Crippen LogP contribution in [-0.2, 0) is 6.54 Å². The Morgan fingerprint density at radius 3 is 2.69 bits per heavy atom. The third-order valence-electron chi connectivity index (χ3n) is 2.63. The summed E-state index contributed by atoms with van der Waals surface area (Å²) in [5.41, 5.74) is 4.38. The van der Waals surface area contributed by atoms with Crippen LogP contribution in [0.15, 0.2) is 60.8 Å². The van der Waals surface area contributed by atoms with Crippen molar-refractivity contribution in [2.24, 2.45) is 0 Å². The SMILES string of the molecule is C=C/C1=C(\C=C)[NH2+]Cc2ccccc2C#C1. The van der Waals surface area contributed by atoms with Gasteiger partial charge < -0.3 is 5.32 Å². The van der Waals surface area contributed by atoms with E-state index in [9.17, 15) is 0 Å². The third kappa shape index (κ3) is 1.98. The van der Waals surface area contributed by atoms with Crippen LogP contribution in [0.25, 0.3) is 0 Å². The largest absolute Gasteiger partial charge is 0.309 e. The van der Waals surface area contributed by atoms with Crippen molar-refractivity contribution < 1.29 is 5.32 Å². The van der Waals surface area contributed by atoms with Crippen LogP contribution in [0.3, 0.4) is 0 Å². The first-order valence-electron chi connectivity index (χ1n) is 5.27. The topological polar surface area (TPSA) is 16.6 Å². The molecule has 1 nitrogen and oxygen atoms in total. The normalized spacial score (nSPS) is 18.5. The molecule has 1 aliphatic rings. The van der Waals surface area contributed by atoms with Gasteiger partial charge in [-0.25, -0.2) is 0 Å². The van der Waals surface area contributed by atoms with Crippen LogP contribution in [0.4, 0.5) is 0 Å². The minimum absolute atomic E-state index is 0.892. The summed E-state index contributed by atoms with van der Waals surface area (Å²) in [7, 11) is 0. The Morgan fingerprint density at radius 2 is 1.94 bits per heavy atom. The maximum absolute atomic E-state index is 3.81. The lowest BCUT2D eigenvalue weighted by atomic mass is 10.0. The molecule has 16 heavy (non-hydrogen) atoms. The van der Waals surface area contributed by atoms with Gasteiger partial charge in [-0.2, -0.15) is 0 Å². The fourth-order valence-corrected chi connectivity index (χ4v) is 1.72. The molecule has 1 heterocycles. The van der Waals surface area contributed by atoms with E-state index in [0.717, 1.165) is 23.4 Å². The highest BCUT2D eigenvalue weighted by Crippen LogP contribution is 2.09. The van der Waals surface area contributed by atoms with E-state index >= 15 is 0 Å². The molecule has 1 aromatic carbocycles. The Kier molecular flexibility index (Phi) is 3.05. The van der Waals surface area contributed by atoms with Crippen molar-refractivity contribution in [3.05, 3.63) is 72.0 Å². The minimum atomic E-state index is 0.892. The first kappa shape index (κ1) is 10.5. The maximum Gasteiger partial charge on any atom is 0.145 e. The maximum atomic E-state index is 3.81. The highest BCUT2D eigenvalue weighted by molar-refractivity contribution is 5.50. The summed E-state index contributed by atoms with van der Waals surface area (Å²) in [5, 5.41) is 2.15. The molecule has 2 N–H and O–H groups in total. The number of hydrogen-bond acceptors (Lipinski definition) is 0. The predicted molar refractivity (Wildman–Crippen MR) is 66.4 cm³/mol. The molecule has 0 atom stereocenters. The van der Waals surface area contributed by atoms with E-state index in [1.165, 1.54) is 5.56 Å². The summed E-state index contributed by atoms with van der Waals surface area (Å²) in [6, 6.07) is 8.22. The van der Waals surface area contributed by atoms with Crippen molar-refractivity contribution in [2.45, 2.75) is 6.54 Å². The molecule has 0 aromatic heterocycles. The van der Waals surface area contributed by atoms with Gasteiger partial charge in [-0.3, -0.25) is 0 Å². The molecule has 0 radical (unpaired) electrons. The zero-order valence-electron chi connectivity index (χ0n) is 9.16. The van der Waals surface area contributed by atoms with E-state index in [1.54, 1.807) is 6.08 Å². The summed E-state index contributed by atoms with van der Waals surface area (Å²) in [6.07, 6.45) is 3.62. The summed E-state index contributed by atoms with van der Waals surface area (Å²) in [6.45, 7) is 8.48. The van der Waals surface area contributed by atoms with E-state index < -0.39 is 0 Å². The standard InChI is InChI=1S/C15H13N/c1-3-12-9-10-13-7-5-6-8-14(13)11-16-15(12)4-2/h3-8,16H,1-2,11H2/p+1/b15-12-. The molecule has 0 aliphatic carbocycles. The summed E-state index contributed by atoms with van der Waals surface area (Å²) < 4.78 is 0. The second-order valence-electron chi connectivity index (χ2n) is 3.59. The number of hydrogen-bond donors (Lipinski definition) is 1. The lowest BCUT2D eigenvalue weighted by Crippen LogP contribution is -2.80. The van der Waals surface area contributed by atoms with Gasteiger partial charge in [0.05, 0.1) is 5.57 Å². The highest BCUT2D eigenvalue weighted by atomic mass is 14.9. The zero-order chi connectivity index (χ0) is 11.4. The van der Waals surface area contributed by atoms with Gasteiger partial charge in [0.15, 0.2) is 0 Å². The Bertz CT molecular complexity index is 524. The van der Waals surface area contributed by atoms with E-state index in [0.29, 0.717) is 0 Å². The predicted octanol–water partition coefficient (Wildman–Crippen LogP) is 1.74. The van der Waals surface area contributed by atoms with Crippen LogP contribution in [0.1, 0.15) is 11.1 Å². The molecule has 0 saturated carbocycles. The summed E-state index contributed by atoms with van der Waals surface area (Å²) in [4.78, 5) is 0. The second-order valence-corrected chi connectivity index (χ2v) is 3.59. The average molecular weight is 208 g/mol. The van der Waals surface area contributed by atoms with E-state index in [2.05, 4.69) is 42.4 Å². The van der Waals surface area contributed by atoms with Gasteiger partial charge in [0.1, 0.15) is 12.2 Å². The van der Waals surface area contributed by atoms with Gasteiger partial charge in [0.25, 0.3) is 0 Å². The van der Waals surface area contributed by atoms with E-state index in [4.69, 9.17) is 0 Å². The van der Waals surface area contributed by atoms with Crippen molar-refractivity contribution in [2.75, 3.05) is 0 Å². The molecule has 1 aliphatic heterocycles. The molecule has 0 bridgehead atoms. The summed E-state index contributed by atoms with van der Waals surface area (Å²) >= 11 is 0. The molecule has 0 spiro atoms. The second kappa shape index (κ2) is 4.65. The van der Waals surface area contributed by atoms with Crippen molar-refractivity contribution in [3.8, 4) is 11.8 Å². The first-order chi connectivity index (χ1) is 7.85. The number of quaternary nitrogens is 1. The number of rotatable bonds is 2. The van der Waals surface area contributed by atoms with Crippen LogP contribution in [-0.4, -0.2) is 0 Å². The van der Waals surface area contributed by atoms with E-state index in [-0.39, 0.29) is 0 Å². The quantitative estimate of drug-likeness (QED) is 0.713. The molecule has 0 fully saturated rings. The number of benzene rings is 1. The fraction of sp³-hybridized carbons (Fsp3) is 0.0667. The third-order valence-corrected chi connectivity index (χ3v) is 2.63. The number of fused-ring (bicyclic) bond motifs is 1.